The normalized spacial score (nSPS) is 11.7. The van der Waals surface area contributed by atoms with Gasteiger partial charge in [0.2, 0.25) is 0 Å². The molecule has 0 spiro atoms. The number of hydrogen-bond acceptors (Lipinski definition) is 1. The van der Waals surface area contributed by atoms with Gasteiger partial charge in [0.25, 0.3) is 0 Å². The van der Waals surface area contributed by atoms with Gasteiger partial charge < -0.3 is 5.11 Å². The lowest BCUT2D eigenvalue weighted by molar-refractivity contribution is 0.288. The standard InChI is InChI=1S/C12H20NO/c1-13(2,3)12-8-4-6-11(10-12)7-5-9-14/h4,6,8,10,14H,5,7,9H2,1-3H3/q+1. The predicted octanol–water partition coefficient (Wildman–Crippen LogP) is 1.81. The molecule has 1 aromatic rings. The van der Waals surface area contributed by atoms with Crippen LogP contribution in [0.1, 0.15) is 12.0 Å². The molecule has 0 aliphatic carbocycles. The molecule has 0 unspecified atom stereocenters. The van der Waals surface area contributed by atoms with Gasteiger partial charge >= 0.3 is 0 Å². The van der Waals surface area contributed by atoms with Gasteiger partial charge in [-0.05, 0) is 24.5 Å². The van der Waals surface area contributed by atoms with Gasteiger partial charge in [0.15, 0.2) is 0 Å². The molecule has 0 fully saturated rings. The summed E-state index contributed by atoms with van der Waals surface area (Å²) in [5.74, 6) is 0. The lowest BCUT2D eigenvalue weighted by Gasteiger charge is -2.23. The third kappa shape index (κ3) is 3.13. The Hall–Kier alpha value is -0.860. The molecule has 0 heterocycles. The number of rotatable bonds is 4. The number of nitrogens with zero attached hydrogens (tertiary/aromatic N) is 1. The summed E-state index contributed by atoms with van der Waals surface area (Å²) >= 11 is 0. The number of aryl methyl sites for hydroxylation is 1. The zero-order chi connectivity index (χ0) is 10.6. The molecule has 2 heteroatoms. The third-order valence-corrected chi connectivity index (χ3v) is 2.31. The van der Waals surface area contributed by atoms with Crippen LogP contribution in [0.2, 0.25) is 0 Å². The van der Waals surface area contributed by atoms with Crippen LogP contribution in [0, 0.1) is 0 Å². The fraction of sp³-hybridized carbons (Fsp3) is 0.500. The van der Waals surface area contributed by atoms with Crippen molar-refractivity contribution in [2.45, 2.75) is 12.8 Å². The Labute approximate surface area is 86.4 Å². The highest BCUT2D eigenvalue weighted by atomic mass is 16.2. The number of hydrogen-bond donors (Lipinski definition) is 1. The molecule has 0 radical (unpaired) electrons. The Morgan fingerprint density at radius 1 is 1.21 bits per heavy atom. The summed E-state index contributed by atoms with van der Waals surface area (Å²) in [6.45, 7) is 0.272. The highest BCUT2D eigenvalue weighted by Crippen LogP contribution is 2.18. The SMILES string of the molecule is C[N+](C)(C)c1cccc(CCCO)c1. The van der Waals surface area contributed by atoms with Crippen molar-refractivity contribution in [1.29, 1.82) is 0 Å². The first-order valence-corrected chi connectivity index (χ1v) is 5.06. The van der Waals surface area contributed by atoms with E-state index in [2.05, 4.69) is 45.4 Å². The summed E-state index contributed by atoms with van der Waals surface area (Å²) in [6.07, 6.45) is 1.81. The van der Waals surface area contributed by atoms with E-state index in [4.69, 9.17) is 5.11 Å². The quantitative estimate of drug-likeness (QED) is 0.725. The highest BCUT2D eigenvalue weighted by molar-refractivity contribution is 5.43. The van der Waals surface area contributed by atoms with Crippen molar-refractivity contribution >= 4 is 5.69 Å². The molecule has 0 saturated carbocycles. The zero-order valence-corrected chi connectivity index (χ0v) is 9.33. The minimum Gasteiger partial charge on any atom is -0.396 e. The molecule has 2 nitrogen and oxygen atoms in total. The van der Waals surface area contributed by atoms with Gasteiger partial charge in [0, 0.05) is 12.7 Å². The Bertz CT molecular complexity index is 289. The molecular formula is C12H20NO+. The van der Waals surface area contributed by atoms with Crippen LogP contribution < -0.4 is 4.48 Å². The van der Waals surface area contributed by atoms with E-state index in [1.54, 1.807) is 0 Å². The van der Waals surface area contributed by atoms with Crippen molar-refractivity contribution in [2.24, 2.45) is 0 Å². The minimum atomic E-state index is 0.272. The van der Waals surface area contributed by atoms with E-state index in [-0.39, 0.29) is 6.61 Å². The van der Waals surface area contributed by atoms with Gasteiger partial charge in [-0.15, -0.1) is 0 Å². The molecule has 1 N–H and O–H groups in total. The van der Waals surface area contributed by atoms with Crippen molar-refractivity contribution < 1.29 is 5.11 Å². The van der Waals surface area contributed by atoms with Crippen LogP contribution in [0.4, 0.5) is 5.69 Å². The van der Waals surface area contributed by atoms with Crippen LogP contribution in [-0.4, -0.2) is 32.9 Å². The fourth-order valence-electron chi connectivity index (χ4n) is 1.41. The van der Waals surface area contributed by atoms with Crippen LogP contribution in [0.15, 0.2) is 24.3 Å². The lowest BCUT2D eigenvalue weighted by atomic mass is 10.1. The van der Waals surface area contributed by atoms with Crippen molar-refractivity contribution in [2.75, 3.05) is 27.7 Å². The summed E-state index contributed by atoms with van der Waals surface area (Å²) in [5.41, 5.74) is 2.62. The Kier molecular flexibility index (Phi) is 3.67. The van der Waals surface area contributed by atoms with Gasteiger partial charge in [-0.2, -0.15) is 0 Å². The van der Waals surface area contributed by atoms with Gasteiger partial charge in [-0.3, -0.25) is 4.48 Å². The van der Waals surface area contributed by atoms with E-state index in [1.165, 1.54) is 11.3 Å². The predicted molar refractivity (Wildman–Crippen MR) is 61.4 cm³/mol. The Balaban J connectivity index is 2.79. The molecule has 0 saturated heterocycles. The second kappa shape index (κ2) is 4.58. The molecule has 0 bridgehead atoms. The minimum absolute atomic E-state index is 0.272. The van der Waals surface area contributed by atoms with E-state index in [0.717, 1.165) is 17.3 Å². The van der Waals surface area contributed by atoms with Gasteiger partial charge in [0.05, 0.1) is 21.1 Å². The van der Waals surface area contributed by atoms with Crippen molar-refractivity contribution in [3.05, 3.63) is 29.8 Å². The van der Waals surface area contributed by atoms with Gasteiger partial charge in [0.1, 0.15) is 5.69 Å². The summed E-state index contributed by atoms with van der Waals surface area (Å²) in [7, 11) is 6.47. The van der Waals surface area contributed by atoms with Crippen LogP contribution in [0.3, 0.4) is 0 Å². The average molecular weight is 194 g/mol. The first kappa shape index (κ1) is 11.2. The number of aliphatic hydroxyl groups is 1. The average Bonchev–Trinajstić information content (AvgIpc) is 2.14. The van der Waals surface area contributed by atoms with Crippen molar-refractivity contribution in [3.8, 4) is 0 Å². The maximum Gasteiger partial charge on any atom is 0.132 e. The topological polar surface area (TPSA) is 20.2 Å². The Morgan fingerprint density at radius 3 is 2.50 bits per heavy atom. The molecule has 1 rings (SSSR count). The molecule has 0 aliphatic rings. The molecule has 0 atom stereocenters. The van der Waals surface area contributed by atoms with Crippen LogP contribution >= 0.6 is 0 Å². The van der Waals surface area contributed by atoms with Crippen molar-refractivity contribution in [1.82, 2.24) is 4.48 Å². The molecule has 1 aromatic carbocycles. The van der Waals surface area contributed by atoms with E-state index in [0.29, 0.717) is 0 Å². The van der Waals surface area contributed by atoms with Gasteiger partial charge in [-0.25, -0.2) is 0 Å². The number of quaternary nitrogens is 1. The van der Waals surface area contributed by atoms with E-state index in [9.17, 15) is 0 Å². The van der Waals surface area contributed by atoms with Crippen molar-refractivity contribution in [3.63, 3.8) is 0 Å². The molecule has 0 aromatic heterocycles. The monoisotopic (exact) mass is 194 g/mol. The summed E-state index contributed by atoms with van der Waals surface area (Å²) in [6, 6.07) is 8.57. The molecule has 78 valence electrons. The van der Waals surface area contributed by atoms with E-state index >= 15 is 0 Å². The second-order valence-electron chi connectivity index (χ2n) is 4.51. The number of aliphatic hydroxyl groups excluding tert-OH is 1. The van der Waals surface area contributed by atoms with E-state index < -0.39 is 0 Å². The summed E-state index contributed by atoms with van der Waals surface area (Å²) in [4.78, 5) is 0. The number of benzene rings is 1. The first-order valence-electron chi connectivity index (χ1n) is 5.06. The Morgan fingerprint density at radius 2 is 1.93 bits per heavy atom. The van der Waals surface area contributed by atoms with E-state index in [1.807, 2.05) is 0 Å². The summed E-state index contributed by atoms with van der Waals surface area (Å²) in [5, 5.41) is 8.75. The second-order valence-corrected chi connectivity index (χ2v) is 4.51. The molecular weight excluding hydrogens is 174 g/mol. The van der Waals surface area contributed by atoms with Crippen LogP contribution in [0.25, 0.3) is 0 Å². The van der Waals surface area contributed by atoms with Gasteiger partial charge in [-0.1, -0.05) is 12.1 Å². The van der Waals surface area contributed by atoms with Crippen LogP contribution in [0.5, 0.6) is 0 Å². The zero-order valence-electron chi connectivity index (χ0n) is 9.33. The largest absolute Gasteiger partial charge is 0.396 e. The maximum atomic E-state index is 8.75. The fourth-order valence-corrected chi connectivity index (χ4v) is 1.41. The highest BCUT2D eigenvalue weighted by Gasteiger charge is 2.11. The maximum absolute atomic E-state index is 8.75. The third-order valence-electron chi connectivity index (χ3n) is 2.31. The molecule has 0 aliphatic heterocycles. The summed E-state index contributed by atoms with van der Waals surface area (Å²) < 4.78 is 0.840. The molecule has 14 heavy (non-hydrogen) atoms. The smallest absolute Gasteiger partial charge is 0.132 e. The molecule has 0 amide bonds. The van der Waals surface area contributed by atoms with Crippen LogP contribution in [-0.2, 0) is 6.42 Å². The first-order chi connectivity index (χ1) is 6.54. The lowest BCUT2D eigenvalue weighted by Crippen LogP contribution is -2.34.